The molecule has 0 rings (SSSR count). The summed E-state index contributed by atoms with van der Waals surface area (Å²) in [5.41, 5.74) is 0. The quantitative estimate of drug-likeness (QED) is 0.740. The van der Waals surface area contributed by atoms with Crippen molar-refractivity contribution in [3.63, 3.8) is 0 Å². The van der Waals surface area contributed by atoms with Crippen molar-refractivity contribution in [1.29, 1.82) is 0 Å². The number of hydrogen-bond donors (Lipinski definition) is 1. The summed E-state index contributed by atoms with van der Waals surface area (Å²) >= 11 is 0. The topological polar surface area (TPSA) is 49.4 Å². The molecule has 0 heterocycles. The molecule has 0 aromatic heterocycles. The Morgan fingerprint density at radius 3 is 2.24 bits per heavy atom. The summed E-state index contributed by atoms with van der Waals surface area (Å²) in [6.07, 6.45) is 1.74. The van der Waals surface area contributed by atoms with Crippen LogP contribution in [0.3, 0.4) is 0 Å². The normalized spacial score (nSPS) is 12.4. The van der Waals surface area contributed by atoms with E-state index in [1.54, 1.807) is 11.9 Å². The molecule has 0 saturated carbocycles. The highest BCUT2D eigenvalue weighted by atomic mass is 16.2. The predicted octanol–water partition coefficient (Wildman–Crippen LogP) is 1.80. The Hall–Kier alpha value is -1.06. The van der Waals surface area contributed by atoms with Gasteiger partial charge in [0.15, 0.2) is 0 Å². The Bertz CT molecular complexity index is 252. The molecule has 1 unspecified atom stereocenters. The van der Waals surface area contributed by atoms with E-state index in [-0.39, 0.29) is 17.9 Å². The van der Waals surface area contributed by atoms with Crippen LogP contribution in [0.25, 0.3) is 0 Å². The first kappa shape index (κ1) is 15.9. The van der Waals surface area contributed by atoms with Gasteiger partial charge >= 0.3 is 0 Å². The van der Waals surface area contributed by atoms with Crippen LogP contribution in [0.5, 0.6) is 0 Å². The molecule has 0 spiro atoms. The first-order valence-electron chi connectivity index (χ1n) is 6.44. The van der Waals surface area contributed by atoms with E-state index in [0.29, 0.717) is 25.3 Å². The van der Waals surface area contributed by atoms with Crippen molar-refractivity contribution >= 4 is 11.8 Å². The molecule has 2 amide bonds. The lowest BCUT2D eigenvalue weighted by molar-refractivity contribution is -0.133. The number of nitrogens with zero attached hydrogens (tertiary/aromatic N) is 1. The van der Waals surface area contributed by atoms with Crippen LogP contribution in [-0.2, 0) is 9.59 Å². The van der Waals surface area contributed by atoms with Crippen molar-refractivity contribution in [3.8, 4) is 0 Å². The molecule has 0 aliphatic carbocycles. The zero-order valence-corrected chi connectivity index (χ0v) is 11.7. The van der Waals surface area contributed by atoms with Crippen LogP contribution < -0.4 is 5.32 Å². The molecule has 0 aliphatic heterocycles. The fourth-order valence-corrected chi connectivity index (χ4v) is 1.86. The van der Waals surface area contributed by atoms with Gasteiger partial charge in [0.1, 0.15) is 0 Å². The Kier molecular flexibility index (Phi) is 7.59. The Labute approximate surface area is 105 Å². The molecule has 0 aromatic rings. The van der Waals surface area contributed by atoms with Crippen LogP contribution in [0.4, 0.5) is 0 Å². The number of amides is 2. The molecule has 17 heavy (non-hydrogen) atoms. The number of rotatable bonds is 7. The second-order valence-corrected chi connectivity index (χ2v) is 4.80. The first-order valence-corrected chi connectivity index (χ1v) is 6.44. The van der Waals surface area contributed by atoms with Crippen molar-refractivity contribution in [2.24, 2.45) is 5.92 Å². The zero-order chi connectivity index (χ0) is 13.4. The van der Waals surface area contributed by atoms with Gasteiger partial charge in [0.2, 0.25) is 11.8 Å². The highest BCUT2D eigenvalue weighted by Crippen LogP contribution is 2.14. The van der Waals surface area contributed by atoms with E-state index in [9.17, 15) is 9.59 Å². The summed E-state index contributed by atoms with van der Waals surface area (Å²) in [4.78, 5) is 25.0. The van der Waals surface area contributed by atoms with Crippen molar-refractivity contribution in [1.82, 2.24) is 10.2 Å². The minimum atomic E-state index is 0.00833. The average Bonchev–Trinajstić information content (AvgIpc) is 2.25. The molecule has 0 aromatic carbocycles. The number of hydrogen-bond acceptors (Lipinski definition) is 2. The summed E-state index contributed by atoms with van der Waals surface area (Å²) in [5, 5.41) is 2.78. The molecular formula is C13H26N2O2. The molecule has 4 heteroatoms. The van der Waals surface area contributed by atoms with Gasteiger partial charge in [-0.3, -0.25) is 9.59 Å². The monoisotopic (exact) mass is 242 g/mol. The summed E-state index contributed by atoms with van der Waals surface area (Å²) in [7, 11) is 1.79. The predicted molar refractivity (Wildman–Crippen MR) is 69.6 cm³/mol. The summed E-state index contributed by atoms with van der Waals surface area (Å²) in [6, 6.07) is 0.00833. The Balaban J connectivity index is 4.52. The van der Waals surface area contributed by atoms with E-state index < -0.39 is 0 Å². The number of nitrogens with one attached hydrogen (secondary N) is 1. The van der Waals surface area contributed by atoms with Gasteiger partial charge in [0, 0.05) is 32.5 Å². The number of carbonyl (C=O) groups is 2. The van der Waals surface area contributed by atoms with E-state index in [1.165, 1.54) is 0 Å². The van der Waals surface area contributed by atoms with Gasteiger partial charge in [-0.2, -0.15) is 0 Å². The van der Waals surface area contributed by atoms with E-state index >= 15 is 0 Å². The lowest BCUT2D eigenvalue weighted by Crippen LogP contribution is -2.41. The van der Waals surface area contributed by atoms with Crippen molar-refractivity contribution in [3.05, 3.63) is 0 Å². The second kappa shape index (κ2) is 8.09. The fraction of sp³-hybridized carbons (Fsp3) is 0.846. The average molecular weight is 242 g/mol. The third-order valence-corrected chi connectivity index (χ3v) is 2.78. The third kappa shape index (κ3) is 6.29. The number of carbonyl (C=O) groups excluding carboxylic acids is 2. The molecule has 0 bridgehead atoms. The maximum atomic E-state index is 11.7. The molecule has 1 N–H and O–H groups in total. The van der Waals surface area contributed by atoms with Gasteiger partial charge in [0.05, 0.1) is 0 Å². The van der Waals surface area contributed by atoms with Crippen molar-refractivity contribution in [2.45, 2.75) is 53.0 Å². The van der Waals surface area contributed by atoms with Crippen LogP contribution in [0, 0.1) is 5.92 Å². The second-order valence-electron chi connectivity index (χ2n) is 4.80. The summed E-state index contributed by atoms with van der Waals surface area (Å²) < 4.78 is 0. The fourth-order valence-electron chi connectivity index (χ4n) is 1.86. The van der Waals surface area contributed by atoms with Crippen LogP contribution in [0.2, 0.25) is 0 Å². The highest BCUT2D eigenvalue weighted by molar-refractivity contribution is 5.79. The minimum absolute atomic E-state index is 0.00833. The largest absolute Gasteiger partial charge is 0.356 e. The third-order valence-electron chi connectivity index (χ3n) is 2.78. The van der Waals surface area contributed by atoms with E-state index in [2.05, 4.69) is 19.2 Å². The molecule has 0 saturated heterocycles. The molecule has 0 aliphatic rings. The van der Waals surface area contributed by atoms with Crippen molar-refractivity contribution < 1.29 is 9.59 Å². The lowest BCUT2D eigenvalue weighted by Gasteiger charge is -2.29. The lowest BCUT2D eigenvalue weighted by atomic mass is 9.99. The maximum Gasteiger partial charge on any atom is 0.222 e. The van der Waals surface area contributed by atoms with Crippen molar-refractivity contribution in [2.75, 3.05) is 13.6 Å². The van der Waals surface area contributed by atoms with Gasteiger partial charge in [-0.25, -0.2) is 0 Å². The van der Waals surface area contributed by atoms with Crippen LogP contribution in [0.1, 0.15) is 47.0 Å². The van der Waals surface area contributed by atoms with Gasteiger partial charge in [-0.1, -0.05) is 20.8 Å². The summed E-state index contributed by atoms with van der Waals surface area (Å²) in [6.45, 7) is 8.59. The molecule has 0 fully saturated rings. The smallest absolute Gasteiger partial charge is 0.222 e. The van der Waals surface area contributed by atoms with Crippen LogP contribution in [0.15, 0.2) is 0 Å². The summed E-state index contributed by atoms with van der Waals surface area (Å²) in [5.74, 6) is 0.593. The Morgan fingerprint density at radius 1 is 1.24 bits per heavy atom. The van der Waals surface area contributed by atoms with Crippen LogP contribution >= 0.6 is 0 Å². The van der Waals surface area contributed by atoms with E-state index in [1.807, 2.05) is 13.8 Å². The molecule has 0 radical (unpaired) electrons. The minimum Gasteiger partial charge on any atom is -0.356 e. The SMILES string of the molecule is CCNC(=O)CC(CC(C)C)N(C)C(=O)CC. The molecular weight excluding hydrogens is 216 g/mol. The van der Waals surface area contributed by atoms with E-state index in [0.717, 1.165) is 6.42 Å². The zero-order valence-electron chi connectivity index (χ0n) is 11.7. The van der Waals surface area contributed by atoms with Gasteiger partial charge in [-0.05, 0) is 19.3 Å². The first-order chi connectivity index (χ1) is 7.92. The Morgan fingerprint density at radius 2 is 1.82 bits per heavy atom. The highest BCUT2D eigenvalue weighted by Gasteiger charge is 2.22. The van der Waals surface area contributed by atoms with Gasteiger partial charge < -0.3 is 10.2 Å². The van der Waals surface area contributed by atoms with Gasteiger partial charge in [0.25, 0.3) is 0 Å². The molecule has 100 valence electrons. The standard InChI is InChI=1S/C13H26N2O2/c1-6-13(17)15(5)11(8-10(3)4)9-12(16)14-7-2/h10-11H,6-9H2,1-5H3,(H,14,16). The maximum absolute atomic E-state index is 11.7. The molecule has 1 atom stereocenters. The molecule has 4 nitrogen and oxygen atoms in total. The van der Waals surface area contributed by atoms with Crippen LogP contribution in [-0.4, -0.2) is 36.3 Å². The van der Waals surface area contributed by atoms with Gasteiger partial charge in [-0.15, -0.1) is 0 Å². The van der Waals surface area contributed by atoms with E-state index in [4.69, 9.17) is 0 Å².